The molecule has 2 aromatic heterocycles. The maximum atomic E-state index is 14.4. The third-order valence-electron chi connectivity index (χ3n) is 5.10. The van der Waals surface area contributed by atoms with E-state index in [1.54, 1.807) is 43.5 Å². The molecule has 1 aliphatic rings. The molecule has 0 aliphatic heterocycles. The number of aryl methyl sites for hydroxylation is 2. The molecule has 3 aromatic rings. The minimum Gasteiger partial charge on any atom is -0.412 e. The van der Waals surface area contributed by atoms with Crippen LogP contribution in [0.15, 0.2) is 46.6 Å². The second-order valence-electron chi connectivity index (χ2n) is 7.36. The van der Waals surface area contributed by atoms with Crippen molar-refractivity contribution in [2.75, 3.05) is 10.0 Å². The van der Waals surface area contributed by atoms with Gasteiger partial charge in [0.15, 0.2) is 0 Å². The summed E-state index contributed by atoms with van der Waals surface area (Å²) < 4.78 is 31.7. The Morgan fingerprint density at radius 1 is 1.19 bits per heavy atom. The first kappa shape index (κ1) is 25.8. The first-order valence-electron chi connectivity index (χ1n) is 10.3. The highest BCUT2D eigenvalue weighted by atomic mass is 32.2. The van der Waals surface area contributed by atoms with Gasteiger partial charge < -0.3 is 15.5 Å². The van der Waals surface area contributed by atoms with Crippen molar-refractivity contribution in [3.63, 3.8) is 0 Å². The van der Waals surface area contributed by atoms with Crippen molar-refractivity contribution in [1.82, 2.24) is 4.57 Å². The van der Waals surface area contributed by atoms with E-state index in [-0.39, 0.29) is 24.8 Å². The summed E-state index contributed by atoms with van der Waals surface area (Å²) in [7, 11) is 0.295. The van der Waals surface area contributed by atoms with Crippen LogP contribution >= 0.6 is 11.3 Å². The Labute approximate surface area is 197 Å². The van der Waals surface area contributed by atoms with Gasteiger partial charge >= 0.3 is 0 Å². The van der Waals surface area contributed by atoms with E-state index in [4.69, 9.17) is 0 Å². The van der Waals surface area contributed by atoms with Crippen molar-refractivity contribution in [1.29, 1.82) is 0 Å². The molecule has 1 fully saturated rings. The van der Waals surface area contributed by atoms with Crippen molar-refractivity contribution in [2.24, 2.45) is 7.05 Å². The van der Waals surface area contributed by atoms with Gasteiger partial charge in [0.05, 0.1) is 16.6 Å². The molecule has 0 bridgehead atoms. The van der Waals surface area contributed by atoms with Crippen LogP contribution in [0, 0.1) is 19.7 Å². The molecule has 9 heteroatoms. The Bertz CT molecular complexity index is 1160. The fraction of sp³-hybridized carbons (Fsp3) is 0.348. The topological polar surface area (TPSA) is 94.6 Å². The highest BCUT2D eigenvalue weighted by molar-refractivity contribution is 7.87. The van der Waals surface area contributed by atoms with Crippen molar-refractivity contribution in [3.05, 3.63) is 74.0 Å². The zero-order chi connectivity index (χ0) is 22.7. The number of hydrogen-bond acceptors (Lipinski definition) is 4. The van der Waals surface area contributed by atoms with Crippen LogP contribution in [0.5, 0.6) is 0 Å². The van der Waals surface area contributed by atoms with Gasteiger partial charge in [0, 0.05) is 26.3 Å². The number of nitrogens with zero attached hydrogens (tertiary/aromatic N) is 1. The summed E-state index contributed by atoms with van der Waals surface area (Å²) in [5.74, 6) is 0.262. The van der Waals surface area contributed by atoms with Gasteiger partial charge in [0.25, 0.3) is 5.56 Å². The number of aromatic nitrogens is 1. The zero-order valence-electron chi connectivity index (χ0n) is 18.9. The fourth-order valence-electron chi connectivity index (χ4n) is 3.37. The van der Waals surface area contributed by atoms with Crippen LogP contribution < -0.4 is 15.6 Å². The van der Waals surface area contributed by atoms with Crippen LogP contribution in [-0.2, 0) is 18.0 Å². The summed E-state index contributed by atoms with van der Waals surface area (Å²) in [5.41, 5.74) is 1.90. The van der Waals surface area contributed by atoms with E-state index in [9.17, 15) is 13.4 Å². The van der Waals surface area contributed by atoms with Gasteiger partial charge in [-0.2, -0.15) is 0 Å². The summed E-state index contributed by atoms with van der Waals surface area (Å²) in [5, 5.41) is 5.05. The fourth-order valence-corrected chi connectivity index (χ4v) is 5.71. The SMILES string of the molecule is CC.Cc1ccc(Nc2c(NS(=O)C3CC3c3cccs3)cc(C)c(=O)n2C)c(F)c1.O.[HH].[HH]. The third-order valence-corrected chi connectivity index (χ3v) is 7.59. The maximum absolute atomic E-state index is 14.4. The van der Waals surface area contributed by atoms with Gasteiger partial charge in [0.1, 0.15) is 22.6 Å². The Morgan fingerprint density at radius 2 is 1.91 bits per heavy atom. The number of hydrogen-bond donors (Lipinski definition) is 2. The molecule has 3 atom stereocenters. The first-order valence-corrected chi connectivity index (χ1v) is 12.4. The van der Waals surface area contributed by atoms with Gasteiger partial charge in [-0.15, -0.1) is 11.3 Å². The number of pyridine rings is 1. The van der Waals surface area contributed by atoms with Crippen LogP contribution in [0.3, 0.4) is 0 Å². The molecule has 3 unspecified atom stereocenters. The molecule has 4 rings (SSSR count). The summed E-state index contributed by atoms with van der Waals surface area (Å²) in [4.78, 5) is 13.7. The van der Waals surface area contributed by atoms with E-state index in [0.29, 0.717) is 23.0 Å². The normalized spacial score (nSPS) is 17.4. The summed E-state index contributed by atoms with van der Waals surface area (Å²) in [6, 6.07) is 10.6. The molecule has 0 amide bonds. The number of halogens is 1. The molecule has 0 saturated heterocycles. The average molecular weight is 484 g/mol. The van der Waals surface area contributed by atoms with Crippen molar-refractivity contribution in [2.45, 2.75) is 45.3 Å². The zero-order valence-corrected chi connectivity index (χ0v) is 20.5. The minimum atomic E-state index is -1.32. The van der Waals surface area contributed by atoms with Crippen LogP contribution in [-0.4, -0.2) is 19.5 Å². The van der Waals surface area contributed by atoms with Crippen molar-refractivity contribution >= 4 is 39.5 Å². The monoisotopic (exact) mass is 483 g/mol. The predicted molar refractivity (Wildman–Crippen MR) is 137 cm³/mol. The lowest BCUT2D eigenvalue weighted by atomic mass is 10.2. The van der Waals surface area contributed by atoms with E-state index < -0.39 is 16.8 Å². The van der Waals surface area contributed by atoms with E-state index >= 15 is 0 Å². The molecular weight excluding hydrogens is 449 g/mol. The Balaban J connectivity index is 0.00000212. The Morgan fingerprint density at radius 3 is 2.53 bits per heavy atom. The van der Waals surface area contributed by atoms with Gasteiger partial charge in [-0.1, -0.05) is 26.0 Å². The lowest BCUT2D eigenvalue weighted by Gasteiger charge is -2.18. The van der Waals surface area contributed by atoms with E-state index in [1.807, 2.05) is 32.2 Å². The maximum Gasteiger partial charge on any atom is 0.254 e. The quantitative estimate of drug-likeness (QED) is 0.500. The molecule has 6 nitrogen and oxygen atoms in total. The van der Waals surface area contributed by atoms with Gasteiger partial charge in [0.2, 0.25) is 0 Å². The highest BCUT2D eigenvalue weighted by Crippen LogP contribution is 2.46. The first-order chi connectivity index (χ1) is 14.8. The highest BCUT2D eigenvalue weighted by Gasteiger charge is 2.44. The lowest BCUT2D eigenvalue weighted by molar-refractivity contribution is 0.630. The number of thiophene rings is 1. The summed E-state index contributed by atoms with van der Waals surface area (Å²) in [6.45, 7) is 7.52. The predicted octanol–water partition coefficient (Wildman–Crippen LogP) is 5.27. The van der Waals surface area contributed by atoms with Crippen LogP contribution in [0.2, 0.25) is 0 Å². The summed E-state index contributed by atoms with van der Waals surface area (Å²) >= 11 is 1.67. The van der Waals surface area contributed by atoms with Crippen LogP contribution in [0.25, 0.3) is 0 Å². The molecule has 4 N–H and O–H groups in total. The van der Waals surface area contributed by atoms with Gasteiger partial charge in [-0.05, 0) is 55.5 Å². The van der Waals surface area contributed by atoms with E-state index in [0.717, 1.165) is 12.0 Å². The molecular formula is C23H34FN3O3S2. The standard InChI is InChI=1S/C21H22FN3O2S2.C2H6.H2O.2H2/c1-12-6-7-16(15(22)9-12)23-20-17(10-13(2)21(26)25(20)3)24-29(27)19-11-14(19)18-5-4-8-28-18;1-2;;;/h4-10,14,19,23-24H,11H2,1-3H3;1-2H3;1H2;2*1H. The van der Waals surface area contributed by atoms with Crippen LogP contribution in [0.4, 0.5) is 21.6 Å². The number of benzene rings is 1. The second kappa shape index (κ2) is 10.9. The molecule has 2 heterocycles. The molecule has 32 heavy (non-hydrogen) atoms. The smallest absolute Gasteiger partial charge is 0.254 e. The van der Waals surface area contributed by atoms with Crippen molar-refractivity contribution in [3.8, 4) is 0 Å². The van der Waals surface area contributed by atoms with E-state index in [2.05, 4.69) is 16.1 Å². The molecule has 1 saturated carbocycles. The minimum absolute atomic E-state index is 0. The Hall–Kier alpha value is -2.49. The van der Waals surface area contributed by atoms with Crippen molar-refractivity contribution < 1.29 is 16.9 Å². The average Bonchev–Trinajstić information content (AvgIpc) is 3.37. The number of nitrogens with one attached hydrogen (secondary N) is 2. The molecule has 1 aliphatic carbocycles. The molecule has 0 radical (unpaired) electrons. The van der Waals surface area contributed by atoms with Gasteiger partial charge in [-0.25, -0.2) is 8.60 Å². The second-order valence-corrected chi connectivity index (χ2v) is 9.74. The molecule has 0 spiro atoms. The number of anilines is 3. The van der Waals surface area contributed by atoms with E-state index in [1.165, 1.54) is 15.5 Å². The number of rotatable bonds is 6. The van der Waals surface area contributed by atoms with Gasteiger partial charge in [-0.3, -0.25) is 9.36 Å². The molecule has 178 valence electrons. The molecule has 1 aromatic carbocycles. The van der Waals surface area contributed by atoms with Crippen LogP contribution in [0.1, 0.15) is 45.0 Å². The third kappa shape index (κ3) is 5.46. The summed E-state index contributed by atoms with van der Waals surface area (Å²) in [6.07, 6.45) is 0.861. The largest absolute Gasteiger partial charge is 0.412 e. The Kier molecular flexibility index (Phi) is 8.77. The lowest BCUT2D eigenvalue weighted by Crippen LogP contribution is -2.24.